The third kappa shape index (κ3) is 5.28. The average molecular weight is 419 g/mol. The molecule has 150 valence electrons. The quantitative estimate of drug-likeness (QED) is 0.601. The lowest BCUT2D eigenvalue weighted by molar-refractivity contribution is -0.131. The van der Waals surface area contributed by atoms with Crippen molar-refractivity contribution in [1.82, 2.24) is 9.80 Å². The summed E-state index contributed by atoms with van der Waals surface area (Å²) in [5.41, 5.74) is 3.39. The van der Waals surface area contributed by atoms with Crippen molar-refractivity contribution in [3.63, 3.8) is 0 Å². The number of hydrogen-bond acceptors (Lipinski definition) is 2. The van der Waals surface area contributed by atoms with Crippen molar-refractivity contribution >= 4 is 29.1 Å². The number of hydrogen-bond donors (Lipinski definition) is 0. The van der Waals surface area contributed by atoms with E-state index in [0.29, 0.717) is 16.5 Å². The Morgan fingerprint density at radius 3 is 2.50 bits per heavy atom. The number of benzene rings is 2. The number of carbonyl (C=O) groups excluding carboxylic acids is 1. The molecule has 1 heterocycles. The van der Waals surface area contributed by atoms with Gasteiger partial charge in [-0.15, -0.1) is 0 Å². The molecule has 3 nitrogen and oxygen atoms in total. The number of nitrogens with zero attached hydrogens (tertiary/aromatic N) is 2. The van der Waals surface area contributed by atoms with E-state index >= 15 is 0 Å². The Morgan fingerprint density at radius 2 is 1.82 bits per heavy atom. The maximum absolute atomic E-state index is 13.1. The minimum absolute atomic E-state index is 0.0415. The topological polar surface area (TPSA) is 23.6 Å². The molecule has 0 unspecified atom stereocenters. The number of amides is 1. The molecule has 1 aliphatic rings. The number of carbonyl (C=O) groups is 1. The number of likely N-dealkylation sites (N-methyl/N-ethyl adjacent to an activating group) is 1. The number of halogens is 2. The summed E-state index contributed by atoms with van der Waals surface area (Å²) in [6.07, 6.45) is 3.79. The molecule has 0 N–H and O–H groups in total. The average Bonchev–Trinajstić information content (AvgIpc) is 3.21. The highest BCUT2D eigenvalue weighted by molar-refractivity contribution is 6.42. The smallest absolute Gasteiger partial charge is 0.227 e. The van der Waals surface area contributed by atoms with E-state index in [1.807, 2.05) is 18.0 Å². The summed E-state index contributed by atoms with van der Waals surface area (Å²) >= 11 is 12.1. The van der Waals surface area contributed by atoms with Gasteiger partial charge in [-0.1, -0.05) is 60.5 Å². The molecule has 1 aliphatic heterocycles. The molecule has 28 heavy (non-hydrogen) atoms. The lowest BCUT2D eigenvalue weighted by atomic mass is 10.0. The van der Waals surface area contributed by atoms with Gasteiger partial charge in [-0.3, -0.25) is 4.79 Å². The maximum atomic E-state index is 13.1. The van der Waals surface area contributed by atoms with Crippen molar-refractivity contribution in [3.8, 4) is 0 Å². The van der Waals surface area contributed by atoms with E-state index in [-0.39, 0.29) is 11.9 Å². The monoisotopic (exact) mass is 418 g/mol. The Hall–Kier alpha value is -1.55. The van der Waals surface area contributed by atoms with Gasteiger partial charge in [-0.2, -0.15) is 0 Å². The Bertz CT molecular complexity index is 818. The van der Waals surface area contributed by atoms with E-state index in [4.69, 9.17) is 23.2 Å². The molecule has 2 aromatic carbocycles. The number of rotatable bonds is 7. The van der Waals surface area contributed by atoms with Crippen LogP contribution in [-0.2, 0) is 17.6 Å². The van der Waals surface area contributed by atoms with Gasteiger partial charge >= 0.3 is 0 Å². The molecule has 3 rings (SSSR count). The Balaban J connectivity index is 1.80. The first-order valence-corrected chi connectivity index (χ1v) is 10.7. The van der Waals surface area contributed by atoms with Crippen LogP contribution in [0.2, 0.25) is 10.0 Å². The van der Waals surface area contributed by atoms with Crippen molar-refractivity contribution in [2.24, 2.45) is 0 Å². The van der Waals surface area contributed by atoms with E-state index in [9.17, 15) is 4.79 Å². The lowest BCUT2D eigenvalue weighted by Crippen LogP contribution is -2.39. The van der Waals surface area contributed by atoms with Crippen molar-refractivity contribution in [3.05, 3.63) is 69.2 Å². The summed E-state index contributed by atoms with van der Waals surface area (Å²) in [5, 5.41) is 0.994. The largest absolute Gasteiger partial charge is 0.337 e. The molecule has 1 saturated heterocycles. The summed E-state index contributed by atoms with van der Waals surface area (Å²) < 4.78 is 0. The van der Waals surface area contributed by atoms with Crippen LogP contribution in [0.4, 0.5) is 0 Å². The second kappa shape index (κ2) is 9.78. The van der Waals surface area contributed by atoms with Crippen LogP contribution >= 0.6 is 23.2 Å². The van der Waals surface area contributed by atoms with Gasteiger partial charge in [0, 0.05) is 13.6 Å². The molecule has 0 radical (unpaired) electrons. The van der Waals surface area contributed by atoms with Gasteiger partial charge in [0.05, 0.1) is 22.5 Å². The van der Waals surface area contributed by atoms with E-state index in [1.165, 1.54) is 24.0 Å². The van der Waals surface area contributed by atoms with Crippen LogP contribution in [0.1, 0.15) is 42.5 Å². The van der Waals surface area contributed by atoms with Crippen LogP contribution in [0.3, 0.4) is 0 Å². The van der Waals surface area contributed by atoms with Crippen LogP contribution < -0.4 is 0 Å². The van der Waals surface area contributed by atoms with Crippen LogP contribution in [0.25, 0.3) is 0 Å². The molecule has 0 spiro atoms. The summed E-state index contributed by atoms with van der Waals surface area (Å²) in [4.78, 5) is 17.4. The number of likely N-dealkylation sites (tertiary alicyclic amines) is 1. The molecule has 5 heteroatoms. The third-order valence-corrected chi connectivity index (χ3v) is 6.31. The van der Waals surface area contributed by atoms with Crippen molar-refractivity contribution in [2.75, 3.05) is 26.7 Å². The molecule has 2 aromatic rings. The first-order valence-electron chi connectivity index (χ1n) is 9.98. The fourth-order valence-electron chi connectivity index (χ4n) is 3.80. The van der Waals surface area contributed by atoms with E-state index < -0.39 is 0 Å². The van der Waals surface area contributed by atoms with Gasteiger partial charge in [-0.05, 0) is 61.2 Å². The van der Waals surface area contributed by atoms with Gasteiger partial charge in [-0.25, -0.2) is 0 Å². The van der Waals surface area contributed by atoms with Gasteiger partial charge in [0.1, 0.15) is 0 Å². The van der Waals surface area contributed by atoms with E-state index in [2.05, 4.69) is 36.1 Å². The Morgan fingerprint density at radius 1 is 1.07 bits per heavy atom. The molecule has 0 saturated carbocycles. The highest BCUT2D eigenvalue weighted by Gasteiger charge is 2.26. The zero-order chi connectivity index (χ0) is 20.1. The predicted molar refractivity (Wildman–Crippen MR) is 117 cm³/mol. The zero-order valence-electron chi connectivity index (χ0n) is 16.6. The second-order valence-corrected chi connectivity index (χ2v) is 8.37. The van der Waals surface area contributed by atoms with Crippen molar-refractivity contribution in [1.29, 1.82) is 0 Å². The molecule has 1 atom stereocenters. The minimum atomic E-state index is 0.0415. The summed E-state index contributed by atoms with van der Waals surface area (Å²) in [6.45, 7) is 5.25. The molecule has 0 aromatic heterocycles. The van der Waals surface area contributed by atoms with Gasteiger partial charge in [0.2, 0.25) is 5.91 Å². The zero-order valence-corrected chi connectivity index (χ0v) is 18.1. The Kier molecular flexibility index (Phi) is 7.39. The lowest BCUT2D eigenvalue weighted by Gasteiger charge is -2.32. The minimum Gasteiger partial charge on any atom is -0.337 e. The van der Waals surface area contributed by atoms with Gasteiger partial charge in [0.25, 0.3) is 0 Å². The summed E-state index contributed by atoms with van der Waals surface area (Å²) in [7, 11) is 1.92. The molecule has 0 aliphatic carbocycles. The normalized spacial score (nSPS) is 15.6. The highest BCUT2D eigenvalue weighted by Crippen LogP contribution is 2.26. The Labute approximate surface area is 178 Å². The van der Waals surface area contributed by atoms with Gasteiger partial charge in [0.15, 0.2) is 0 Å². The third-order valence-electron chi connectivity index (χ3n) is 5.57. The standard InChI is InChI=1S/C23H28Cl2N2O/c1-3-17-7-6-8-19(13-17)22(16-27-11-4-5-12-27)26(2)23(28)15-18-9-10-20(24)21(25)14-18/h6-10,13-14,22H,3-5,11-12,15-16H2,1-2H3/t22-/m1/s1. The van der Waals surface area contributed by atoms with Crippen LogP contribution in [0.15, 0.2) is 42.5 Å². The fraction of sp³-hybridized carbons (Fsp3) is 0.435. The van der Waals surface area contributed by atoms with E-state index in [0.717, 1.165) is 31.6 Å². The van der Waals surface area contributed by atoms with Crippen LogP contribution in [0, 0.1) is 0 Å². The number of aryl methyl sites for hydroxylation is 1. The van der Waals surface area contributed by atoms with Gasteiger partial charge < -0.3 is 9.80 Å². The molecular formula is C23H28Cl2N2O. The van der Waals surface area contributed by atoms with Crippen molar-refractivity contribution < 1.29 is 4.79 Å². The van der Waals surface area contributed by atoms with E-state index in [1.54, 1.807) is 12.1 Å². The first kappa shape index (κ1) is 21.2. The predicted octanol–water partition coefficient (Wildman–Crippen LogP) is 5.39. The second-order valence-electron chi connectivity index (χ2n) is 7.55. The van der Waals surface area contributed by atoms with Crippen LogP contribution in [0.5, 0.6) is 0 Å². The fourth-order valence-corrected chi connectivity index (χ4v) is 4.12. The first-order chi connectivity index (χ1) is 13.5. The SMILES string of the molecule is CCc1cccc([C@@H](CN2CCCC2)N(C)C(=O)Cc2ccc(Cl)c(Cl)c2)c1. The molecule has 1 amide bonds. The highest BCUT2D eigenvalue weighted by atomic mass is 35.5. The molecule has 0 bridgehead atoms. The van der Waals surface area contributed by atoms with Crippen LogP contribution in [-0.4, -0.2) is 42.4 Å². The maximum Gasteiger partial charge on any atom is 0.227 e. The molecular weight excluding hydrogens is 391 g/mol. The molecule has 1 fully saturated rings. The van der Waals surface area contributed by atoms with Crippen molar-refractivity contribution in [2.45, 2.75) is 38.6 Å². The summed E-state index contributed by atoms with van der Waals surface area (Å²) in [5.74, 6) is 0.0875. The summed E-state index contributed by atoms with van der Waals surface area (Å²) in [6, 6.07) is 14.1.